The lowest BCUT2D eigenvalue weighted by atomic mass is 10.1. The molecule has 1 atom stereocenters. The third kappa shape index (κ3) is 5.96. The molecule has 2 N–H and O–H groups in total. The first kappa shape index (κ1) is 19.7. The van der Waals surface area contributed by atoms with Crippen molar-refractivity contribution in [2.75, 3.05) is 39.5 Å². The third-order valence-corrected chi connectivity index (χ3v) is 5.15. The van der Waals surface area contributed by atoms with Crippen molar-refractivity contribution in [1.82, 2.24) is 5.32 Å². The summed E-state index contributed by atoms with van der Waals surface area (Å²) in [6.45, 7) is 6.17. The number of rotatable bonds is 7. The Bertz CT molecular complexity index is 748. The quantitative estimate of drug-likeness (QED) is 0.759. The van der Waals surface area contributed by atoms with Crippen molar-refractivity contribution >= 4 is 17.5 Å². The van der Waals surface area contributed by atoms with Crippen molar-refractivity contribution in [2.45, 2.75) is 13.0 Å². The highest BCUT2D eigenvalue weighted by Gasteiger charge is 2.23. The molecule has 0 bridgehead atoms. The van der Waals surface area contributed by atoms with Crippen LogP contribution in [-0.2, 0) is 9.53 Å². The van der Waals surface area contributed by atoms with Crippen molar-refractivity contribution in [2.24, 2.45) is 0 Å². The van der Waals surface area contributed by atoms with Gasteiger partial charge >= 0.3 is 0 Å². The van der Waals surface area contributed by atoms with Crippen LogP contribution in [0.15, 0.2) is 48.5 Å². The number of carbonyl (C=O) groups excluding carboxylic acids is 1. The third-order valence-electron chi connectivity index (χ3n) is 4.73. The minimum Gasteiger partial charge on any atom is -0.484 e. The Morgan fingerprint density at radius 1 is 1.22 bits per heavy atom. The van der Waals surface area contributed by atoms with Gasteiger partial charge in [-0.25, -0.2) is 0 Å². The molecule has 5 nitrogen and oxygen atoms in total. The van der Waals surface area contributed by atoms with E-state index >= 15 is 0 Å². The number of hydrogen-bond donors (Lipinski definition) is 2. The largest absolute Gasteiger partial charge is 0.484 e. The molecule has 0 unspecified atom stereocenters. The number of nitrogens with one attached hydrogen (secondary N) is 2. The highest BCUT2D eigenvalue weighted by atomic mass is 35.5. The van der Waals surface area contributed by atoms with E-state index in [9.17, 15) is 4.79 Å². The van der Waals surface area contributed by atoms with Gasteiger partial charge in [-0.05, 0) is 36.2 Å². The van der Waals surface area contributed by atoms with E-state index in [-0.39, 0.29) is 18.6 Å². The molecule has 1 aliphatic rings. The number of aryl methyl sites for hydroxylation is 1. The van der Waals surface area contributed by atoms with Crippen LogP contribution in [0.3, 0.4) is 0 Å². The molecule has 0 aliphatic carbocycles. The molecule has 0 spiro atoms. The minimum absolute atomic E-state index is 0.0250. The fourth-order valence-corrected chi connectivity index (χ4v) is 3.30. The molecule has 0 saturated carbocycles. The number of morpholine rings is 1. The van der Waals surface area contributed by atoms with Gasteiger partial charge in [0.25, 0.3) is 5.91 Å². The fourth-order valence-electron chi connectivity index (χ4n) is 3.18. The predicted octanol–water partition coefficient (Wildman–Crippen LogP) is 1.80. The van der Waals surface area contributed by atoms with E-state index in [0.29, 0.717) is 10.8 Å². The first-order valence-electron chi connectivity index (χ1n) is 9.26. The first-order chi connectivity index (χ1) is 13.1. The summed E-state index contributed by atoms with van der Waals surface area (Å²) >= 11 is 6.03. The second-order valence-electron chi connectivity index (χ2n) is 6.80. The van der Waals surface area contributed by atoms with Crippen LogP contribution < -0.4 is 15.0 Å². The SMILES string of the molecule is Cc1cc(OCC(=O)N[C@H](C[NH+]2CCOCC2)c2ccccc2)ccc1Cl. The number of carbonyl (C=O) groups is 1. The van der Waals surface area contributed by atoms with Gasteiger partial charge in [0.05, 0.1) is 13.2 Å². The zero-order valence-electron chi connectivity index (χ0n) is 15.5. The summed E-state index contributed by atoms with van der Waals surface area (Å²) in [6.07, 6.45) is 0. The Morgan fingerprint density at radius 2 is 1.96 bits per heavy atom. The lowest BCUT2D eigenvalue weighted by Crippen LogP contribution is -3.14. The first-order valence-corrected chi connectivity index (χ1v) is 9.64. The molecule has 1 saturated heterocycles. The lowest BCUT2D eigenvalue weighted by Gasteiger charge is -2.28. The van der Waals surface area contributed by atoms with Crippen LogP contribution >= 0.6 is 11.6 Å². The molecule has 0 radical (unpaired) electrons. The summed E-state index contributed by atoms with van der Waals surface area (Å²) in [7, 11) is 0. The van der Waals surface area contributed by atoms with Crippen LogP contribution in [0.5, 0.6) is 5.75 Å². The number of ether oxygens (including phenoxy) is 2. The molecule has 2 aromatic rings. The Balaban J connectivity index is 1.60. The Hall–Kier alpha value is -2.08. The molecule has 1 amide bonds. The summed E-state index contributed by atoms with van der Waals surface area (Å²) in [5.74, 6) is 0.506. The summed E-state index contributed by atoms with van der Waals surface area (Å²) in [5.41, 5.74) is 2.03. The zero-order valence-corrected chi connectivity index (χ0v) is 16.3. The van der Waals surface area contributed by atoms with E-state index in [0.717, 1.165) is 44.0 Å². The van der Waals surface area contributed by atoms with Gasteiger partial charge in [-0.3, -0.25) is 4.79 Å². The van der Waals surface area contributed by atoms with Crippen LogP contribution in [0, 0.1) is 6.92 Å². The van der Waals surface area contributed by atoms with E-state index in [1.54, 1.807) is 12.1 Å². The highest BCUT2D eigenvalue weighted by Crippen LogP contribution is 2.21. The predicted molar refractivity (Wildman–Crippen MR) is 105 cm³/mol. The topological polar surface area (TPSA) is 52.0 Å². The maximum atomic E-state index is 12.5. The zero-order chi connectivity index (χ0) is 19.1. The standard InChI is InChI=1S/C21H25ClN2O3/c1-16-13-18(7-8-19(16)22)27-15-21(25)23-20(17-5-3-2-4-6-17)14-24-9-11-26-12-10-24/h2-8,13,20H,9-12,14-15H2,1H3,(H,23,25)/p+1/t20-/m1/s1. The van der Waals surface area contributed by atoms with Gasteiger partial charge in [-0.15, -0.1) is 0 Å². The maximum absolute atomic E-state index is 12.5. The average molecular weight is 390 g/mol. The van der Waals surface area contributed by atoms with Gasteiger partial charge in [-0.1, -0.05) is 41.9 Å². The van der Waals surface area contributed by atoms with E-state index < -0.39 is 0 Å². The number of amides is 1. The molecular weight excluding hydrogens is 364 g/mol. The van der Waals surface area contributed by atoms with Crippen molar-refractivity contribution in [3.05, 3.63) is 64.7 Å². The van der Waals surface area contributed by atoms with Crippen LogP contribution in [0.1, 0.15) is 17.2 Å². The van der Waals surface area contributed by atoms with Crippen LogP contribution in [-0.4, -0.2) is 45.4 Å². The Kier molecular flexibility index (Phi) is 7.10. The summed E-state index contributed by atoms with van der Waals surface area (Å²) in [4.78, 5) is 13.9. The van der Waals surface area contributed by atoms with Crippen molar-refractivity contribution in [3.63, 3.8) is 0 Å². The molecule has 6 heteroatoms. The van der Waals surface area contributed by atoms with Crippen LogP contribution in [0.4, 0.5) is 0 Å². The van der Waals surface area contributed by atoms with Crippen LogP contribution in [0.25, 0.3) is 0 Å². The number of hydrogen-bond acceptors (Lipinski definition) is 3. The summed E-state index contributed by atoms with van der Waals surface area (Å²) in [6, 6.07) is 15.4. The molecule has 1 heterocycles. The molecular formula is C21H26ClN2O3+. The van der Waals surface area contributed by atoms with Gasteiger partial charge < -0.3 is 19.7 Å². The smallest absolute Gasteiger partial charge is 0.258 e. The fraction of sp³-hybridized carbons (Fsp3) is 0.381. The second kappa shape index (κ2) is 9.74. The average Bonchev–Trinajstić information content (AvgIpc) is 2.70. The Morgan fingerprint density at radius 3 is 2.67 bits per heavy atom. The van der Waals surface area contributed by atoms with Gasteiger partial charge in [0, 0.05) is 5.02 Å². The van der Waals surface area contributed by atoms with Gasteiger partial charge in [0.15, 0.2) is 6.61 Å². The van der Waals surface area contributed by atoms with Gasteiger partial charge in [0.1, 0.15) is 31.4 Å². The van der Waals surface area contributed by atoms with E-state index in [2.05, 4.69) is 5.32 Å². The molecule has 2 aromatic carbocycles. The second-order valence-corrected chi connectivity index (χ2v) is 7.20. The summed E-state index contributed by atoms with van der Waals surface area (Å²) in [5, 5.41) is 3.81. The van der Waals surface area contributed by atoms with Crippen molar-refractivity contribution < 1.29 is 19.2 Å². The van der Waals surface area contributed by atoms with Crippen molar-refractivity contribution in [1.29, 1.82) is 0 Å². The normalized spacial score (nSPS) is 15.9. The molecule has 0 aromatic heterocycles. The van der Waals surface area contributed by atoms with E-state index in [1.165, 1.54) is 4.90 Å². The maximum Gasteiger partial charge on any atom is 0.258 e. The Labute approximate surface area is 165 Å². The molecule has 1 aliphatic heterocycles. The molecule has 27 heavy (non-hydrogen) atoms. The lowest BCUT2D eigenvalue weighted by molar-refractivity contribution is -0.909. The number of halogens is 1. The summed E-state index contributed by atoms with van der Waals surface area (Å²) < 4.78 is 11.1. The monoisotopic (exact) mass is 389 g/mol. The van der Waals surface area contributed by atoms with E-state index in [1.807, 2.05) is 43.3 Å². The number of benzene rings is 2. The van der Waals surface area contributed by atoms with E-state index in [4.69, 9.17) is 21.1 Å². The number of quaternary nitrogens is 1. The van der Waals surface area contributed by atoms with Crippen molar-refractivity contribution in [3.8, 4) is 5.75 Å². The molecule has 144 valence electrons. The van der Waals surface area contributed by atoms with Crippen LogP contribution in [0.2, 0.25) is 5.02 Å². The molecule has 3 rings (SSSR count). The van der Waals surface area contributed by atoms with Gasteiger partial charge in [0.2, 0.25) is 0 Å². The van der Waals surface area contributed by atoms with Gasteiger partial charge in [-0.2, -0.15) is 0 Å². The minimum atomic E-state index is -0.135. The highest BCUT2D eigenvalue weighted by molar-refractivity contribution is 6.31. The molecule has 1 fully saturated rings.